The molecule has 3 atom stereocenters. The standard InChI is InChI=1S/C30H48N2O5/c1-7-8-10-16-24(19-26(33)37-30(4,5)6)28(34)31-27(22(2)3)29(35)32-18-13-17-25(32)21-36-20-23-14-11-9-12-15-23/h9,11-12,14-15,22,24-25,27H,7-8,10,13,16-21H2,1-6H3,(H,31,34)/t24?,25-,27?/m0/s1. The number of rotatable bonds is 14. The first kappa shape index (κ1) is 30.8. The van der Waals surface area contributed by atoms with E-state index in [-0.39, 0.29) is 36.2 Å². The van der Waals surface area contributed by atoms with Crippen LogP contribution in [0.15, 0.2) is 30.3 Å². The second-order valence-corrected chi connectivity index (χ2v) is 11.5. The van der Waals surface area contributed by atoms with Crippen LogP contribution >= 0.6 is 0 Å². The third-order valence-electron chi connectivity index (χ3n) is 6.67. The molecule has 1 heterocycles. The minimum Gasteiger partial charge on any atom is -0.460 e. The maximum atomic E-state index is 13.6. The molecule has 1 N–H and O–H groups in total. The van der Waals surface area contributed by atoms with Crippen LogP contribution in [-0.4, -0.2) is 53.5 Å². The van der Waals surface area contributed by atoms with Gasteiger partial charge in [0.05, 0.1) is 25.7 Å². The first-order chi connectivity index (χ1) is 17.5. The van der Waals surface area contributed by atoms with E-state index in [0.717, 1.165) is 37.7 Å². The predicted molar refractivity (Wildman–Crippen MR) is 146 cm³/mol. The second kappa shape index (κ2) is 15.1. The lowest BCUT2D eigenvalue weighted by Crippen LogP contribution is -2.54. The van der Waals surface area contributed by atoms with E-state index in [9.17, 15) is 14.4 Å². The first-order valence-corrected chi connectivity index (χ1v) is 14.0. The zero-order chi connectivity index (χ0) is 27.4. The molecule has 1 fully saturated rings. The highest BCUT2D eigenvalue weighted by Gasteiger charge is 2.36. The van der Waals surface area contributed by atoms with Gasteiger partial charge in [0.1, 0.15) is 11.6 Å². The summed E-state index contributed by atoms with van der Waals surface area (Å²) in [5.74, 6) is -1.30. The molecule has 0 radical (unpaired) electrons. The smallest absolute Gasteiger partial charge is 0.307 e. The largest absolute Gasteiger partial charge is 0.460 e. The summed E-state index contributed by atoms with van der Waals surface area (Å²) in [5, 5.41) is 3.01. The molecule has 0 saturated carbocycles. The number of unbranched alkanes of at least 4 members (excludes halogenated alkanes) is 2. The van der Waals surface area contributed by atoms with E-state index >= 15 is 0 Å². The van der Waals surface area contributed by atoms with E-state index < -0.39 is 17.6 Å². The summed E-state index contributed by atoms with van der Waals surface area (Å²) in [7, 11) is 0. The fraction of sp³-hybridized carbons (Fsp3) is 0.700. The Morgan fingerprint density at radius 2 is 1.81 bits per heavy atom. The number of carbonyl (C=O) groups excluding carboxylic acids is 3. The van der Waals surface area contributed by atoms with Gasteiger partial charge >= 0.3 is 5.97 Å². The summed E-state index contributed by atoms with van der Waals surface area (Å²) in [4.78, 5) is 41.4. The number of nitrogens with zero attached hydrogens (tertiary/aromatic N) is 1. The van der Waals surface area contributed by atoms with Crippen molar-refractivity contribution in [3.8, 4) is 0 Å². The molecule has 2 rings (SSSR count). The molecule has 1 aromatic carbocycles. The highest BCUT2D eigenvalue weighted by atomic mass is 16.6. The average molecular weight is 517 g/mol. The van der Waals surface area contributed by atoms with Gasteiger partial charge in [0, 0.05) is 12.5 Å². The molecule has 2 amide bonds. The number of likely N-dealkylation sites (tertiary alicyclic amines) is 1. The van der Waals surface area contributed by atoms with Crippen molar-refractivity contribution in [3.63, 3.8) is 0 Å². The third kappa shape index (κ3) is 10.8. The van der Waals surface area contributed by atoms with Gasteiger partial charge in [-0.2, -0.15) is 0 Å². The molecular formula is C30H48N2O5. The lowest BCUT2D eigenvalue weighted by Gasteiger charge is -2.32. The van der Waals surface area contributed by atoms with E-state index in [4.69, 9.17) is 9.47 Å². The number of esters is 1. The van der Waals surface area contributed by atoms with Gasteiger partial charge < -0.3 is 19.7 Å². The van der Waals surface area contributed by atoms with Crippen LogP contribution in [0.25, 0.3) is 0 Å². The maximum Gasteiger partial charge on any atom is 0.307 e. The molecule has 7 nitrogen and oxygen atoms in total. The minimum atomic E-state index is -0.644. The Morgan fingerprint density at radius 3 is 2.43 bits per heavy atom. The van der Waals surface area contributed by atoms with Gasteiger partial charge in [-0.15, -0.1) is 0 Å². The number of hydrogen-bond donors (Lipinski definition) is 1. The molecule has 0 aromatic heterocycles. The summed E-state index contributed by atoms with van der Waals surface area (Å²) in [6.45, 7) is 13.1. The molecule has 0 bridgehead atoms. The number of carbonyl (C=O) groups is 3. The molecule has 1 aromatic rings. The van der Waals surface area contributed by atoms with Crippen LogP contribution in [0.3, 0.4) is 0 Å². The fourth-order valence-corrected chi connectivity index (χ4v) is 4.70. The van der Waals surface area contributed by atoms with Crippen LogP contribution in [0, 0.1) is 11.8 Å². The van der Waals surface area contributed by atoms with Crippen LogP contribution in [0.4, 0.5) is 0 Å². The molecule has 1 aliphatic heterocycles. The van der Waals surface area contributed by atoms with Crippen molar-refractivity contribution < 1.29 is 23.9 Å². The first-order valence-electron chi connectivity index (χ1n) is 14.0. The number of amides is 2. The van der Waals surface area contributed by atoms with Gasteiger partial charge in [0.25, 0.3) is 0 Å². The minimum absolute atomic E-state index is 0.00326. The molecule has 0 spiro atoms. The van der Waals surface area contributed by atoms with Gasteiger partial charge in [0.15, 0.2) is 0 Å². The summed E-state index contributed by atoms with van der Waals surface area (Å²) < 4.78 is 11.4. The molecule has 2 unspecified atom stereocenters. The molecular weight excluding hydrogens is 468 g/mol. The Bertz CT molecular complexity index is 849. The van der Waals surface area contributed by atoms with Gasteiger partial charge in [-0.25, -0.2) is 0 Å². The van der Waals surface area contributed by atoms with Crippen molar-refractivity contribution >= 4 is 17.8 Å². The Balaban J connectivity index is 2.02. The number of hydrogen-bond acceptors (Lipinski definition) is 5. The fourth-order valence-electron chi connectivity index (χ4n) is 4.70. The second-order valence-electron chi connectivity index (χ2n) is 11.5. The molecule has 7 heteroatoms. The summed E-state index contributed by atoms with van der Waals surface area (Å²) in [6, 6.07) is 9.34. The Morgan fingerprint density at radius 1 is 1.11 bits per heavy atom. The normalized spacial score (nSPS) is 17.5. The number of benzene rings is 1. The highest BCUT2D eigenvalue weighted by Crippen LogP contribution is 2.23. The molecule has 0 aliphatic carbocycles. The molecule has 37 heavy (non-hydrogen) atoms. The maximum absolute atomic E-state index is 13.6. The third-order valence-corrected chi connectivity index (χ3v) is 6.67. The Kier molecular flexibility index (Phi) is 12.6. The van der Waals surface area contributed by atoms with Crippen LogP contribution in [0.5, 0.6) is 0 Å². The van der Waals surface area contributed by atoms with E-state index in [1.54, 1.807) is 0 Å². The van der Waals surface area contributed by atoms with Gasteiger partial charge in [-0.1, -0.05) is 70.4 Å². The summed E-state index contributed by atoms with van der Waals surface area (Å²) in [5.41, 5.74) is 0.496. The van der Waals surface area contributed by atoms with Crippen molar-refractivity contribution in [2.24, 2.45) is 11.8 Å². The summed E-state index contributed by atoms with van der Waals surface area (Å²) >= 11 is 0. The highest BCUT2D eigenvalue weighted by molar-refractivity contribution is 5.90. The zero-order valence-electron chi connectivity index (χ0n) is 23.8. The van der Waals surface area contributed by atoms with E-state index in [0.29, 0.717) is 26.2 Å². The predicted octanol–water partition coefficient (Wildman–Crippen LogP) is 5.26. The van der Waals surface area contributed by atoms with Crippen LogP contribution < -0.4 is 5.32 Å². The van der Waals surface area contributed by atoms with E-state index in [1.807, 2.05) is 69.9 Å². The lowest BCUT2D eigenvalue weighted by molar-refractivity contribution is -0.157. The summed E-state index contributed by atoms with van der Waals surface area (Å²) in [6.07, 6.45) is 5.28. The van der Waals surface area contributed by atoms with E-state index in [2.05, 4.69) is 12.2 Å². The zero-order valence-corrected chi connectivity index (χ0v) is 23.8. The number of ether oxygens (including phenoxy) is 2. The molecule has 208 valence electrons. The Labute approximate surface area is 223 Å². The van der Waals surface area contributed by atoms with Crippen molar-refractivity contribution in [3.05, 3.63) is 35.9 Å². The van der Waals surface area contributed by atoms with Crippen LogP contribution in [0.1, 0.15) is 92.1 Å². The quantitative estimate of drug-likeness (QED) is 0.269. The van der Waals surface area contributed by atoms with Gasteiger partial charge in [-0.3, -0.25) is 14.4 Å². The van der Waals surface area contributed by atoms with Crippen LogP contribution in [-0.2, 0) is 30.5 Å². The van der Waals surface area contributed by atoms with Crippen molar-refractivity contribution in [2.75, 3.05) is 13.2 Å². The SMILES string of the molecule is CCCCCC(CC(=O)OC(C)(C)C)C(=O)NC(C(=O)N1CCC[C@H]1COCc1ccccc1)C(C)C. The number of nitrogens with one attached hydrogen (secondary N) is 1. The van der Waals surface area contributed by atoms with Crippen molar-refractivity contribution in [2.45, 2.75) is 111 Å². The molecule has 1 saturated heterocycles. The van der Waals surface area contributed by atoms with Crippen LogP contribution in [0.2, 0.25) is 0 Å². The van der Waals surface area contributed by atoms with E-state index in [1.165, 1.54) is 0 Å². The monoisotopic (exact) mass is 516 g/mol. The van der Waals surface area contributed by atoms with Gasteiger partial charge in [-0.05, 0) is 51.5 Å². The topological polar surface area (TPSA) is 84.9 Å². The molecule has 1 aliphatic rings. The van der Waals surface area contributed by atoms with Crippen molar-refractivity contribution in [1.29, 1.82) is 0 Å². The Hall–Kier alpha value is -2.41. The lowest BCUT2D eigenvalue weighted by atomic mass is 9.94. The van der Waals surface area contributed by atoms with Gasteiger partial charge in [0.2, 0.25) is 11.8 Å². The average Bonchev–Trinajstić information content (AvgIpc) is 3.29. The van der Waals surface area contributed by atoms with Crippen molar-refractivity contribution in [1.82, 2.24) is 10.2 Å².